The molecule has 0 amide bonds. The third-order valence-corrected chi connectivity index (χ3v) is 2.89. The molecule has 0 spiro atoms. The van der Waals surface area contributed by atoms with Crippen LogP contribution in [0.4, 0.5) is 0 Å². The lowest BCUT2D eigenvalue weighted by molar-refractivity contribution is -0.00702. The standard InChI is InChI=1S/C10H19N3O3S/c1-8-12-9(17(11,14)15)7-13(8)5-6-16-10(2,3)4/h7H,5-6H2,1-4H3,(H2,11,14,15). The van der Waals surface area contributed by atoms with Crippen molar-refractivity contribution in [1.82, 2.24) is 9.55 Å². The lowest BCUT2D eigenvalue weighted by Gasteiger charge is -2.19. The lowest BCUT2D eigenvalue weighted by atomic mass is 10.2. The Morgan fingerprint density at radius 1 is 1.47 bits per heavy atom. The van der Waals surface area contributed by atoms with Crippen molar-refractivity contribution in [1.29, 1.82) is 0 Å². The van der Waals surface area contributed by atoms with E-state index in [1.54, 1.807) is 11.5 Å². The average molecular weight is 261 g/mol. The van der Waals surface area contributed by atoms with Gasteiger partial charge in [-0.05, 0) is 27.7 Å². The van der Waals surface area contributed by atoms with E-state index in [2.05, 4.69) is 4.98 Å². The van der Waals surface area contributed by atoms with E-state index in [-0.39, 0.29) is 10.6 Å². The molecule has 0 unspecified atom stereocenters. The zero-order chi connectivity index (χ0) is 13.3. The molecule has 17 heavy (non-hydrogen) atoms. The summed E-state index contributed by atoms with van der Waals surface area (Å²) >= 11 is 0. The molecule has 0 atom stereocenters. The van der Waals surface area contributed by atoms with Crippen molar-refractivity contribution in [2.75, 3.05) is 6.61 Å². The summed E-state index contributed by atoms with van der Waals surface area (Å²) in [7, 11) is -3.73. The van der Waals surface area contributed by atoms with Gasteiger partial charge >= 0.3 is 0 Å². The SMILES string of the molecule is Cc1nc(S(N)(=O)=O)cn1CCOC(C)(C)C. The van der Waals surface area contributed by atoms with E-state index in [0.29, 0.717) is 19.0 Å². The van der Waals surface area contributed by atoms with Crippen molar-refractivity contribution < 1.29 is 13.2 Å². The summed E-state index contributed by atoms with van der Waals surface area (Å²) in [5.74, 6) is 0.603. The summed E-state index contributed by atoms with van der Waals surface area (Å²) in [5.41, 5.74) is -0.211. The minimum atomic E-state index is -3.73. The molecule has 7 heteroatoms. The lowest BCUT2D eigenvalue weighted by Crippen LogP contribution is -2.22. The molecule has 0 aliphatic rings. The van der Waals surface area contributed by atoms with Crippen LogP contribution in [0.2, 0.25) is 0 Å². The molecule has 1 heterocycles. The van der Waals surface area contributed by atoms with Gasteiger partial charge in [-0.25, -0.2) is 18.5 Å². The third-order valence-electron chi connectivity index (χ3n) is 2.11. The number of sulfonamides is 1. The number of nitrogens with two attached hydrogens (primary N) is 1. The van der Waals surface area contributed by atoms with Crippen LogP contribution in [0.25, 0.3) is 0 Å². The van der Waals surface area contributed by atoms with E-state index in [1.165, 1.54) is 6.20 Å². The van der Waals surface area contributed by atoms with Crippen molar-refractivity contribution >= 4 is 10.0 Å². The van der Waals surface area contributed by atoms with Gasteiger partial charge < -0.3 is 9.30 Å². The van der Waals surface area contributed by atoms with Crippen molar-refractivity contribution in [3.8, 4) is 0 Å². The first-order valence-electron chi connectivity index (χ1n) is 5.30. The number of ether oxygens (including phenoxy) is 1. The molecule has 98 valence electrons. The van der Waals surface area contributed by atoms with Crippen LogP contribution in [-0.2, 0) is 21.3 Å². The highest BCUT2D eigenvalue weighted by atomic mass is 32.2. The number of rotatable bonds is 4. The van der Waals surface area contributed by atoms with Crippen LogP contribution in [0, 0.1) is 6.92 Å². The highest BCUT2D eigenvalue weighted by Crippen LogP contribution is 2.09. The Morgan fingerprint density at radius 2 is 2.06 bits per heavy atom. The van der Waals surface area contributed by atoms with E-state index in [9.17, 15) is 8.42 Å². The first-order chi connectivity index (χ1) is 7.59. The Hall–Kier alpha value is -0.920. The molecular weight excluding hydrogens is 242 g/mol. The van der Waals surface area contributed by atoms with Gasteiger partial charge in [-0.3, -0.25) is 0 Å². The van der Waals surface area contributed by atoms with Crippen LogP contribution < -0.4 is 5.14 Å². The minimum absolute atomic E-state index is 0.106. The summed E-state index contributed by atoms with van der Waals surface area (Å²) in [5, 5.41) is 4.90. The largest absolute Gasteiger partial charge is 0.374 e. The van der Waals surface area contributed by atoms with Crippen LogP contribution in [0.3, 0.4) is 0 Å². The number of hydrogen-bond donors (Lipinski definition) is 1. The van der Waals surface area contributed by atoms with E-state index < -0.39 is 10.0 Å². The van der Waals surface area contributed by atoms with Crippen LogP contribution in [0.1, 0.15) is 26.6 Å². The summed E-state index contributed by atoms with van der Waals surface area (Å²) in [6.45, 7) is 8.65. The second kappa shape index (κ2) is 4.75. The Bertz CT molecular complexity index is 485. The topological polar surface area (TPSA) is 87.2 Å². The molecule has 0 saturated carbocycles. The number of aryl methyl sites for hydroxylation is 1. The number of aromatic nitrogens is 2. The zero-order valence-corrected chi connectivity index (χ0v) is 11.4. The van der Waals surface area contributed by atoms with Crippen LogP contribution in [0.5, 0.6) is 0 Å². The van der Waals surface area contributed by atoms with E-state index in [1.807, 2.05) is 20.8 Å². The van der Waals surface area contributed by atoms with Crippen LogP contribution in [-0.4, -0.2) is 30.2 Å². The van der Waals surface area contributed by atoms with Gasteiger partial charge in [-0.15, -0.1) is 0 Å². The Kier molecular flexibility index (Phi) is 3.95. The van der Waals surface area contributed by atoms with Gasteiger partial charge in [0.2, 0.25) is 0 Å². The molecular formula is C10H19N3O3S. The fourth-order valence-corrected chi connectivity index (χ4v) is 1.83. The fourth-order valence-electron chi connectivity index (χ4n) is 1.29. The smallest absolute Gasteiger partial charge is 0.257 e. The van der Waals surface area contributed by atoms with Gasteiger partial charge in [-0.2, -0.15) is 0 Å². The summed E-state index contributed by atoms with van der Waals surface area (Å²) in [4.78, 5) is 3.89. The maximum absolute atomic E-state index is 11.1. The Morgan fingerprint density at radius 3 is 2.47 bits per heavy atom. The predicted molar refractivity (Wildman–Crippen MR) is 64.0 cm³/mol. The molecule has 1 aromatic rings. The fraction of sp³-hybridized carbons (Fsp3) is 0.700. The number of imidazole rings is 1. The van der Waals surface area contributed by atoms with Gasteiger partial charge in [0.25, 0.3) is 10.0 Å². The van der Waals surface area contributed by atoms with Gasteiger partial charge in [0, 0.05) is 12.7 Å². The number of primary sulfonamides is 1. The highest BCUT2D eigenvalue weighted by molar-refractivity contribution is 7.89. The molecule has 1 aromatic heterocycles. The van der Waals surface area contributed by atoms with Crippen molar-refractivity contribution in [2.45, 2.75) is 44.9 Å². The molecule has 1 rings (SSSR count). The second-order valence-corrected chi connectivity index (χ2v) is 6.33. The number of hydrogen-bond acceptors (Lipinski definition) is 4. The molecule has 0 aromatic carbocycles. The van der Waals surface area contributed by atoms with Crippen LogP contribution in [0.15, 0.2) is 11.2 Å². The maximum atomic E-state index is 11.1. The summed E-state index contributed by atoms with van der Waals surface area (Å²) in [6, 6.07) is 0. The van der Waals surface area contributed by atoms with Gasteiger partial charge in [0.15, 0.2) is 5.03 Å². The van der Waals surface area contributed by atoms with Crippen molar-refractivity contribution in [3.05, 3.63) is 12.0 Å². The zero-order valence-electron chi connectivity index (χ0n) is 10.6. The Balaban J connectivity index is 2.70. The first-order valence-corrected chi connectivity index (χ1v) is 6.85. The molecule has 0 bridgehead atoms. The molecule has 0 aliphatic carbocycles. The van der Waals surface area contributed by atoms with E-state index >= 15 is 0 Å². The molecule has 6 nitrogen and oxygen atoms in total. The van der Waals surface area contributed by atoms with Gasteiger partial charge in [-0.1, -0.05) is 0 Å². The molecule has 0 fully saturated rings. The minimum Gasteiger partial charge on any atom is -0.374 e. The molecule has 0 aliphatic heterocycles. The Labute approximate surface area is 102 Å². The van der Waals surface area contributed by atoms with Gasteiger partial charge in [0.05, 0.1) is 12.2 Å². The first kappa shape index (κ1) is 14.1. The average Bonchev–Trinajstić information content (AvgIpc) is 2.45. The van der Waals surface area contributed by atoms with Crippen molar-refractivity contribution in [2.24, 2.45) is 5.14 Å². The third kappa shape index (κ3) is 4.45. The summed E-state index contributed by atoms with van der Waals surface area (Å²) in [6.07, 6.45) is 1.43. The van der Waals surface area contributed by atoms with Crippen LogP contribution >= 0.6 is 0 Å². The van der Waals surface area contributed by atoms with E-state index in [4.69, 9.17) is 9.88 Å². The molecule has 2 N–H and O–H groups in total. The van der Waals surface area contributed by atoms with Gasteiger partial charge in [0.1, 0.15) is 5.82 Å². The normalized spacial score (nSPS) is 13.0. The number of nitrogens with zero attached hydrogens (tertiary/aromatic N) is 2. The predicted octanol–water partition coefficient (Wildman–Crippen LogP) is 0.654. The monoisotopic (exact) mass is 261 g/mol. The van der Waals surface area contributed by atoms with Crippen molar-refractivity contribution in [3.63, 3.8) is 0 Å². The quantitative estimate of drug-likeness (QED) is 0.862. The second-order valence-electron chi connectivity index (χ2n) is 4.83. The highest BCUT2D eigenvalue weighted by Gasteiger charge is 2.15. The summed E-state index contributed by atoms with van der Waals surface area (Å²) < 4.78 is 29.5. The molecule has 0 radical (unpaired) electrons. The molecule has 0 saturated heterocycles. The van der Waals surface area contributed by atoms with E-state index in [0.717, 1.165) is 0 Å². The maximum Gasteiger partial charge on any atom is 0.257 e.